The minimum atomic E-state index is 0.0790. The summed E-state index contributed by atoms with van der Waals surface area (Å²) in [5.74, 6) is 0.579. The van der Waals surface area contributed by atoms with Gasteiger partial charge in [0.05, 0.1) is 0 Å². The maximum Gasteiger partial charge on any atom is 0.220 e. The second kappa shape index (κ2) is 7.45. The van der Waals surface area contributed by atoms with Crippen molar-refractivity contribution in [3.05, 3.63) is 35.9 Å². The lowest BCUT2D eigenvalue weighted by molar-refractivity contribution is -0.122. The summed E-state index contributed by atoms with van der Waals surface area (Å²) < 4.78 is 5.37. The molecule has 1 N–H and O–H groups in total. The number of ether oxygens (including phenoxy) is 1. The Kier molecular flexibility index (Phi) is 5.34. The van der Waals surface area contributed by atoms with Crippen molar-refractivity contribution >= 4 is 5.91 Å². The zero-order chi connectivity index (χ0) is 16.1. The molecule has 3 rings (SSSR count). The van der Waals surface area contributed by atoms with Crippen LogP contribution in [0.2, 0.25) is 0 Å². The fraction of sp³-hybridized carbons (Fsp3) is 0.632. The molecule has 0 spiro atoms. The van der Waals surface area contributed by atoms with Crippen molar-refractivity contribution in [1.29, 1.82) is 0 Å². The quantitative estimate of drug-likeness (QED) is 0.905. The van der Waals surface area contributed by atoms with Gasteiger partial charge in [0.2, 0.25) is 5.91 Å². The maximum atomic E-state index is 12.3. The third-order valence-electron chi connectivity index (χ3n) is 5.45. The summed E-state index contributed by atoms with van der Waals surface area (Å²) in [4.78, 5) is 14.7. The summed E-state index contributed by atoms with van der Waals surface area (Å²) in [6, 6.07) is 10.7. The molecule has 0 aliphatic carbocycles. The van der Waals surface area contributed by atoms with Crippen molar-refractivity contribution < 1.29 is 9.53 Å². The molecule has 23 heavy (non-hydrogen) atoms. The average molecular weight is 316 g/mol. The van der Waals surface area contributed by atoms with Gasteiger partial charge >= 0.3 is 0 Å². The van der Waals surface area contributed by atoms with E-state index in [2.05, 4.69) is 47.6 Å². The number of hydrogen-bond acceptors (Lipinski definition) is 3. The normalized spacial score (nSPS) is 24.5. The number of hydrogen-bond donors (Lipinski definition) is 1. The van der Waals surface area contributed by atoms with E-state index < -0.39 is 0 Å². The molecule has 2 aliphatic rings. The zero-order valence-corrected chi connectivity index (χ0v) is 14.1. The molecule has 0 radical (unpaired) electrons. The van der Waals surface area contributed by atoms with Gasteiger partial charge in [0, 0.05) is 31.6 Å². The zero-order valence-electron chi connectivity index (χ0n) is 14.1. The molecule has 1 amide bonds. The second-order valence-corrected chi connectivity index (χ2v) is 7.16. The summed E-state index contributed by atoms with van der Waals surface area (Å²) in [5.41, 5.74) is 1.44. The number of nitrogens with one attached hydrogen (secondary N) is 1. The van der Waals surface area contributed by atoms with Crippen LogP contribution in [0.1, 0.15) is 31.2 Å². The molecule has 2 saturated heterocycles. The van der Waals surface area contributed by atoms with E-state index in [9.17, 15) is 4.79 Å². The van der Waals surface area contributed by atoms with E-state index in [1.807, 2.05) is 0 Å². The lowest BCUT2D eigenvalue weighted by atomic mass is 9.72. The van der Waals surface area contributed by atoms with Crippen LogP contribution in [0.4, 0.5) is 0 Å². The van der Waals surface area contributed by atoms with E-state index in [4.69, 9.17) is 4.74 Å². The first-order valence-corrected chi connectivity index (χ1v) is 8.76. The molecule has 2 fully saturated rings. The van der Waals surface area contributed by atoms with Crippen LogP contribution >= 0.6 is 0 Å². The Morgan fingerprint density at radius 2 is 2.04 bits per heavy atom. The van der Waals surface area contributed by atoms with E-state index in [0.717, 1.165) is 52.1 Å². The van der Waals surface area contributed by atoms with Crippen LogP contribution in [0.25, 0.3) is 0 Å². The Balaban J connectivity index is 1.63. The number of likely N-dealkylation sites (tertiary alicyclic amines) is 1. The molecule has 0 bridgehead atoms. The Hall–Kier alpha value is -1.39. The molecule has 0 aromatic heterocycles. The fourth-order valence-corrected chi connectivity index (χ4v) is 3.75. The smallest absolute Gasteiger partial charge is 0.220 e. The lowest BCUT2D eigenvalue weighted by Gasteiger charge is -2.41. The summed E-state index contributed by atoms with van der Waals surface area (Å²) >= 11 is 0. The average Bonchev–Trinajstić information content (AvgIpc) is 3.08. The monoisotopic (exact) mass is 316 g/mol. The molecular weight excluding hydrogens is 288 g/mol. The SMILES string of the molecule is CN1CCC(CNC(=O)CC2CCOC2)(c2ccccc2)CC1. The van der Waals surface area contributed by atoms with Gasteiger partial charge in [-0.25, -0.2) is 0 Å². The number of benzene rings is 1. The molecule has 0 saturated carbocycles. The second-order valence-electron chi connectivity index (χ2n) is 7.16. The number of nitrogens with zero attached hydrogens (tertiary/aromatic N) is 1. The maximum absolute atomic E-state index is 12.3. The van der Waals surface area contributed by atoms with Gasteiger partial charge in [-0.2, -0.15) is 0 Å². The summed E-state index contributed by atoms with van der Waals surface area (Å²) in [6.45, 7) is 4.46. The molecule has 1 aromatic rings. The van der Waals surface area contributed by atoms with Gasteiger partial charge in [-0.05, 0) is 50.9 Å². The Morgan fingerprint density at radius 1 is 1.30 bits per heavy atom. The summed E-state index contributed by atoms with van der Waals surface area (Å²) in [6.07, 6.45) is 3.81. The van der Waals surface area contributed by atoms with E-state index in [-0.39, 0.29) is 11.3 Å². The molecule has 4 heteroatoms. The van der Waals surface area contributed by atoms with E-state index >= 15 is 0 Å². The minimum absolute atomic E-state index is 0.0790. The van der Waals surface area contributed by atoms with Gasteiger partial charge in [-0.15, -0.1) is 0 Å². The molecule has 1 unspecified atom stereocenters. The Bertz CT molecular complexity index is 503. The molecule has 2 aliphatic heterocycles. The van der Waals surface area contributed by atoms with E-state index in [1.54, 1.807) is 0 Å². The van der Waals surface area contributed by atoms with Gasteiger partial charge in [-0.1, -0.05) is 30.3 Å². The third kappa shape index (κ3) is 4.12. The van der Waals surface area contributed by atoms with Gasteiger partial charge < -0.3 is 15.0 Å². The van der Waals surface area contributed by atoms with Crippen molar-refractivity contribution in [3.8, 4) is 0 Å². The largest absolute Gasteiger partial charge is 0.381 e. The van der Waals surface area contributed by atoms with Crippen LogP contribution < -0.4 is 5.32 Å². The van der Waals surface area contributed by atoms with Crippen LogP contribution in [-0.4, -0.2) is 50.7 Å². The Morgan fingerprint density at radius 3 is 2.70 bits per heavy atom. The molecule has 1 atom stereocenters. The van der Waals surface area contributed by atoms with E-state index in [1.165, 1.54) is 5.56 Å². The van der Waals surface area contributed by atoms with Crippen LogP contribution in [0.5, 0.6) is 0 Å². The van der Waals surface area contributed by atoms with E-state index in [0.29, 0.717) is 12.3 Å². The first-order valence-electron chi connectivity index (χ1n) is 8.76. The van der Waals surface area contributed by atoms with Crippen LogP contribution in [0, 0.1) is 5.92 Å². The molecule has 126 valence electrons. The van der Waals surface area contributed by atoms with Crippen molar-refractivity contribution in [2.45, 2.75) is 31.1 Å². The minimum Gasteiger partial charge on any atom is -0.381 e. The lowest BCUT2D eigenvalue weighted by Crippen LogP contribution is -2.48. The number of carbonyl (C=O) groups is 1. The number of piperidine rings is 1. The Labute approximate surface area is 139 Å². The van der Waals surface area contributed by atoms with Crippen molar-refractivity contribution in [1.82, 2.24) is 10.2 Å². The highest BCUT2D eigenvalue weighted by molar-refractivity contribution is 5.76. The van der Waals surface area contributed by atoms with Gasteiger partial charge in [-0.3, -0.25) is 4.79 Å². The number of amides is 1. The van der Waals surface area contributed by atoms with Crippen molar-refractivity contribution in [2.75, 3.05) is 39.9 Å². The van der Waals surface area contributed by atoms with Crippen LogP contribution in [0.15, 0.2) is 30.3 Å². The predicted molar refractivity (Wildman–Crippen MR) is 91.4 cm³/mol. The van der Waals surface area contributed by atoms with Gasteiger partial charge in [0.1, 0.15) is 0 Å². The number of carbonyl (C=O) groups excluding carboxylic acids is 1. The summed E-state index contributed by atoms with van der Waals surface area (Å²) in [7, 11) is 2.17. The highest BCUT2D eigenvalue weighted by Gasteiger charge is 2.35. The molecule has 4 nitrogen and oxygen atoms in total. The van der Waals surface area contributed by atoms with Crippen LogP contribution in [-0.2, 0) is 14.9 Å². The molecular formula is C19H28N2O2. The molecule has 2 heterocycles. The first kappa shape index (κ1) is 16.5. The molecule has 1 aromatic carbocycles. The third-order valence-corrected chi connectivity index (χ3v) is 5.45. The van der Waals surface area contributed by atoms with Gasteiger partial charge in [0.15, 0.2) is 0 Å². The highest BCUT2D eigenvalue weighted by Crippen LogP contribution is 2.34. The fourth-order valence-electron chi connectivity index (χ4n) is 3.75. The summed E-state index contributed by atoms with van der Waals surface area (Å²) in [5, 5.41) is 3.22. The highest BCUT2D eigenvalue weighted by atomic mass is 16.5. The van der Waals surface area contributed by atoms with Crippen LogP contribution in [0.3, 0.4) is 0 Å². The topological polar surface area (TPSA) is 41.6 Å². The van der Waals surface area contributed by atoms with Crippen molar-refractivity contribution in [2.24, 2.45) is 5.92 Å². The van der Waals surface area contributed by atoms with Gasteiger partial charge in [0.25, 0.3) is 0 Å². The van der Waals surface area contributed by atoms with Crippen molar-refractivity contribution in [3.63, 3.8) is 0 Å². The number of rotatable bonds is 5. The standard InChI is InChI=1S/C19H28N2O2/c1-21-10-8-19(9-11-21,17-5-3-2-4-6-17)15-20-18(22)13-16-7-12-23-14-16/h2-6,16H,7-15H2,1H3,(H,20,22). The predicted octanol–water partition coefficient (Wildman–Crippen LogP) is 2.19. The first-order chi connectivity index (χ1) is 11.2.